The zero-order valence-corrected chi connectivity index (χ0v) is 23.4. The van der Waals surface area contributed by atoms with Crippen LogP contribution in [0.1, 0.15) is 50.2 Å². The smallest absolute Gasteiger partial charge is 0.264 e. The molecule has 0 spiro atoms. The van der Waals surface area contributed by atoms with Gasteiger partial charge in [0.1, 0.15) is 12.6 Å². The highest BCUT2D eigenvalue weighted by molar-refractivity contribution is 7.92. The molecule has 1 aliphatic carbocycles. The zero-order valence-electron chi connectivity index (χ0n) is 22.6. The highest BCUT2D eigenvalue weighted by Crippen LogP contribution is 2.25. The molecule has 4 rings (SSSR count). The number of aryl methyl sites for hydroxylation is 1. The number of anilines is 1. The summed E-state index contributed by atoms with van der Waals surface area (Å²) in [6.07, 6.45) is 4.44. The number of hydrogen-bond acceptors (Lipinski definition) is 4. The molecule has 3 aromatic rings. The lowest BCUT2D eigenvalue weighted by molar-refractivity contribution is -0.140. The van der Waals surface area contributed by atoms with Gasteiger partial charge in [-0.15, -0.1) is 0 Å². The van der Waals surface area contributed by atoms with Crippen LogP contribution in [-0.2, 0) is 26.2 Å². The summed E-state index contributed by atoms with van der Waals surface area (Å²) in [5.74, 6) is -0.630. The Morgan fingerprint density at radius 3 is 2.08 bits per heavy atom. The second-order valence-electron chi connectivity index (χ2n) is 10.1. The van der Waals surface area contributed by atoms with Crippen molar-refractivity contribution in [3.8, 4) is 0 Å². The highest BCUT2D eigenvalue weighted by atomic mass is 32.2. The molecule has 1 saturated carbocycles. The third-order valence-corrected chi connectivity index (χ3v) is 9.00. The Kier molecular flexibility index (Phi) is 9.41. The van der Waals surface area contributed by atoms with E-state index in [9.17, 15) is 18.0 Å². The SMILES string of the molecule is CCC(C(=O)NC1CCCC1)N(Cc1ccc(C)cc1)C(=O)CN(c1ccccc1)S(=O)(=O)c1ccccc1. The summed E-state index contributed by atoms with van der Waals surface area (Å²) < 4.78 is 28.7. The fourth-order valence-corrected chi connectivity index (χ4v) is 6.46. The molecule has 1 atom stereocenters. The third-order valence-electron chi connectivity index (χ3n) is 7.22. The van der Waals surface area contributed by atoms with Crippen molar-refractivity contribution in [3.05, 3.63) is 96.1 Å². The molecular weight excluding hydrogens is 510 g/mol. The molecule has 0 aromatic heterocycles. The largest absolute Gasteiger partial charge is 0.352 e. The molecule has 8 heteroatoms. The molecule has 0 saturated heterocycles. The first-order valence-electron chi connectivity index (χ1n) is 13.6. The lowest BCUT2D eigenvalue weighted by Crippen LogP contribution is -2.53. The lowest BCUT2D eigenvalue weighted by atomic mass is 10.1. The molecule has 39 heavy (non-hydrogen) atoms. The number of carbonyl (C=O) groups is 2. The van der Waals surface area contributed by atoms with E-state index in [1.807, 2.05) is 38.1 Å². The molecule has 7 nitrogen and oxygen atoms in total. The summed E-state index contributed by atoms with van der Waals surface area (Å²) in [7, 11) is -4.05. The molecule has 1 N–H and O–H groups in total. The van der Waals surface area contributed by atoms with Crippen LogP contribution in [0.4, 0.5) is 5.69 Å². The van der Waals surface area contributed by atoms with E-state index in [2.05, 4.69) is 5.32 Å². The Labute approximate surface area is 231 Å². The minimum Gasteiger partial charge on any atom is -0.352 e. The molecule has 2 amide bonds. The normalized spacial score (nSPS) is 14.5. The second-order valence-corrected chi connectivity index (χ2v) is 11.9. The summed E-state index contributed by atoms with van der Waals surface area (Å²) in [5, 5.41) is 3.14. The van der Waals surface area contributed by atoms with Gasteiger partial charge in [-0.1, -0.05) is 86.0 Å². The first-order chi connectivity index (χ1) is 18.8. The van der Waals surface area contributed by atoms with Crippen molar-refractivity contribution in [2.45, 2.75) is 69.5 Å². The molecule has 3 aromatic carbocycles. The van der Waals surface area contributed by atoms with E-state index in [4.69, 9.17) is 0 Å². The predicted octanol–water partition coefficient (Wildman–Crippen LogP) is 5.06. The molecule has 1 unspecified atom stereocenters. The maximum atomic E-state index is 14.1. The fourth-order valence-electron chi connectivity index (χ4n) is 5.02. The molecule has 0 aliphatic heterocycles. The van der Waals surface area contributed by atoms with Crippen molar-refractivity contribution in [2.75, 3.05) is 10.8 Å². The summed E-state index contributed by atoms with van der Waals surface area (Å²) in [4.78, 5) is 29.1. The van der Waals surface area contributed by atoms with Gasteiger partial charge in [0.2, 0.25) is 11.8 Å². The Hall–Kier alpha value is -3.65. The topological polar surface area (TPSA) is 86.8 Å². The van der Waals surface area contributed by atoms with Crippen LogP contribution in [-0.4, -0.2) is 43.8 Å². The van der Waals surface area contributed by atoms with E-state index in [1.54, 1.807) is 48.5 Å². The summed E-state index contributed by atoms with van der Waals surface area (Å²) in [6, 6.07) is 23.9. The number of amides is 2. The molecule has 0 radical (unpaired) electrons. The zero-order chi connectivity index (χ0) is 27.8. The van der Waals surface area contributed by atoms with Crippen LogP contribution < -0.4 is 9.62 Å². The predicted molar refractivity (Wildman–Crippen MR) is 154 cm³/mol. The van der Waals surface area contributed by atoms with Crippen LogP contribution >= 0.6 is 0 Å². The van der Waals surface area contributed by atoms with Gasteiger partial charge in [0.15, 0.2) is 0 Å². The van der Waals surface area contributed by atoms with Crippen molar-refractivity contribution in [2.24, 2.45) is 0 Å². The van der Waals surface area contributed by atoms with E-state index in [-0.39, 0.29) is 23.4 Å². The first-order valence-corrected chi connectivity index (χ1v) is 15.0. The second kappa shape index (κ2) is 12.9. The molecule has 1 fully saturated rings. The number of nitrogens with zero attached hydrogens (tertiary/aromatic N) is 2. The number of para-hydroxylation sites is 1. The number of hydrogen-bond donors (Lipinski definition) is 1. The van der Waals surface area contributed by atoms with Gasteiger partial charge >= 0.3 is 0 Å². The van der Waals surface area contributed by atoms with Gasteiger partial charge < -0.3 is 10.2 Å². The van der Waals surface area contributed by atoms with E-state index >= 15 is 0 Å². The van der Waals surface area contributed by atoms with Crippen LogP contribution in [0.15, 0.2) is 89.8 Å². The van der Waals surface area contributed by atoms with Gasteiger partial charge in [-0.3, -0.25) is 13.9 Å². The Morgan fingerprint density at radius 2 is 1.49 bits per heavy atom. The lowest BCUT2D eigenvalue weighted by Gasteiger charge is -2.33. The standard InChI is InChI=1S/C31H37N3O4S/c1-3-29(31(36)32-26-12-10-11-13-26)33(22-25-20-18-24(2)19-21-25)30(35)23-34(27-14-6-4-7-15-27)39(37,38)28-16-8-5-9-17-28/h4-9,14-21,26,29H,3,10-13,22-23H2,1-2H3,(H,32,36). The highest BCUT2D eigenvalue weighted by Gasteiger charge is 2.34. The van der Waals surface area contributed by atoms with Gasteiger partial charge in [0.05, 0.1) is 10.6 Å². The molecule has 0 bridgehead atoms. The van der Waals surface area contributed by atoms with Gasteiger partial charge in [0.25, 0.3) is 10.0 Å². The monoisotopic (exact) mass is 547 g/mol. The minimum atomic E-state index is -4.05. The van der Waals surface area contributed by atoms with E-state index in [1.165, 1.54) is 17.0 Å². The van der Waals surface area contributed by atoms with Gasteiger partial charge in [0, 0.05) is 12.6 Å². The molecular formula is C31H37N3O4S. The van der Waals surface area contributed by atoms with E-state index in [0.29, 0.717) is 12.1 Å². The molecule has 0 heterocycles. The van der Waals surface area contributed by atoms with Gasteiger partial charge in [-0.2, -0.15) is 0 Å². The van der Waals surface area contributed by atoms with Crippen LogP contribution in [0.3, 0.4) is 0 Å². The van der Waals surface area contributed by atoms with Crippen molar-refractivity contribution < 1.29 is 18.0 Å². The fraction of sp³-hybridized carbons (Fsp3) is 0.355. The number of nitrogens with one attached hydrogen (secondary N) is 1. The Bertz CT molecular complexity index is 1340. The van der Waals surface area contributed by atoms with Crippen LogP contribution in [0, 0.1) is 6.92 Å². The van der Waals surface area contributed by atoms with Crippen LogP contribution in [0.2, 0.25) is 0 Å². The summed E-state index contributed by atoms with van der Waals surface area (Å²) in [6.45, 7) is 3.64. The van der Waals surface area contributed by atoms with E-state index in [0.717, 1.165) is 41.1 Å². The van der Waals surface area contributed by atoms with Gasteiger partial charge in [-0.05, 0) is 56.0 Å². The van der Waals surface area contributed by atoms with Crippen molar-refractivity contribution >= 4 is 27.5 Å². The average Bonchev–Trinajstić information content (AvgIpc) is 3.46. The van der Waals surface area contributed by atoms with Crippen LogP contribution in [0.5, 0.6) is 0 Å². The van der Waals surface area contributed by atoms with E-state index < -0.39 is 28.5 Å². The quantitative estimate of drug-likeness (QED) is 0.364. The molecule has 1 aliphatic rings. The summed E-state index contributed by atoms with van der Waals surface area (Å²) in [5.41, 5.74) is 2.35. The van der Waals surface area contributed by atoms with Crippen molar-refractivity contribution in [1.82, 2.24) is 10.2 Å². The Balaban J connectivity index is 1.68. The Morgan fingerprint density at radius 1 is 0.897 bits per heavy atom. The third kappa shape index (κ3) is 7.06. The number of benzene rings is 3. The average molecular weight is 548 g/mol. The minimum absolute atomic E-state index is 0.0951. The first kappa shape index (κ1) is 28.4. The number of carbonyl (C=O) groups excluding carboxylic acids is 2. The van der Waals surface area contributed by atoms with Crippen molar-refractivity contribution in [3.63, 3.8) is 0 Å². The number of rotatable bonds is 11. The van der Waals surface area contributed by atoms with Crippen LogP contribution in [0.25, 0.3) is 0 Å². The number of sulfonamides is 1. The van der Waals surface area contributed by atoms with Gasteiger partial charge in [-0.25, -0.2) is 8.42 Å². The maximum Gasteiger partial charge on any atom is 0.264 e. The van der Waals surface area contributed by atoms with Crippen molar-refractivity contribution in [1.29, 1.82) is 0 Å². The molecule has 206 valence electrons. The maximum absolute atomic E-state index is 14.1. The summed E-state index contributed by atoms with van der Waals surface area (Å²) >= 11 is 0.